The van der Waals surface area contributed by atoms with Gasteiger partial charge < -0.3 is 14.6 Å². The summed E-state index contributed by atoms with van der Waals surface area (Å²) in [5.41, 5.74) is -0.215. The molecule has 25 heavy (non-hydrogen) atoms. The van der Waals surface area contributed by atoms with Crippen LogP contribution < -0.4 is 5.32 Å². The average Bonchev–Trinajstić information content (AvgIpc) is 3.00. The highest BCUT2D eigenvalue weighted by molar-refractivity contribution is 5.84. The summed E-state index contributed by atoms with van der Waals surface area (Å²) in [6, 6.07) is 8.77. The number of anilines is 1. The third-order valence-electron chi connectivity index (χ3n) is 5.03. The highest BCUT2D eigenvalue weighted by Crippen LogP contribution is 2.65. The van der Waals surface area contributed by atoms with Gasteiger partial charge in [0.15, 0.2) is 0 Å². The Bertz CT molecular complexity index is 795. The lowest BCUT2D eigenvalue weighted by Gasteiger charge is -2.21. The number of benzene rings is 1. The van der Waals surface area contributed by atoms with Gasteiger partial charge >= 0.3 is 6.01 Å². The van der Waals surface area contributed by atoms with E-state index in [0.717, 1.165) is 5.56 Å². The number of nitrogens with one attached hydrogen (secondary N) is 1. The molecule has 1 saturated carbocycles. The van der Waals surface area contributed by atoms with Crippen LogP contribution in [0.4, 0.5) is 14.8 Å². The zero-order valence-corrected chi connectivity index (χ0v) is 13.7. The largest absolute Gasteiger partial charge is 0.403 e. The summed E-state index contributed by atoms with van der Waals surface area (Å²) in [6.45, 7) is 2.13. The third kappa shape index (κ3) is 2.75. The van der Waals surface area contributed by atoms with Crippen LogP contribution in [0.5, 0.6) is 0 Å². The van der Waals surface area contributed by atoms with E-state index in [2.05, 4.69) is 15.5 Å². The van der Waals surface area contributed by atoms with Crippen molar-refractivity contribution in [3.63, 3.8) is 0 Å². The Morgan fingerprint density at radius 3 is 2.68 bits per heavy atom. The first-order valence-corrected chi connectivity index (χ1v) is 8.22. The number of alkyl halides is 2. The van der Waals surface area contributed by atoms with Crippen LogP contribution in [-0.2, 0) is 4.79 Å². The van der Waals surface area contributed by atoms with Crippen molar-refractivity contribution in [3.05, 3.63) is 30.3 Å². The van der Waals surface area contributed by atoms with Gasteiger partial charge in [0.1, 0.15) is 6.04 Å². The highest BCUT2D eigenvalue weighted by Gasteiger charge is 2.73. The molecular weight excluding hydrogens is 330 g/mol. The minimum Gasteiger partial charge on any atom is -0.403 e. The highest BCUT2D eigenvalue weighted by atomic mass is 19.3. The summed E-state index contributed by atoms with van der Waals surface area (Å²) in [5, 5.41) is 10.7. The number of amides is 1. The fraction of sp³-hybridized carbons (Fsp3) is 0.471. The molecule has 132 valence electrons. The Labute approximate surface area is 143 Å². The lowest BCUT2D eigenvalue weighted by atomic mass is 10.1. The van der Waals surface area contributed by atoms with Crippen LogP contribution >= 0.6 is 0 Å². The fourth-order valence-electron chi connectivity index (χ4n) is 3.38. The first-order valence-electron chi connectivity index (χ1n) is 8.22. The van der Waals surface area contributed by atoms with Gasteiger partial charge in [0.2, 0.25) is 11.8 Å². The van der Waals surface area contributed by atoms with Crippen LogP contribution in [0, 0.1) is 5.41 Å². The van der Waals surface area contributed by atoms with E-state index in [4.69, 9.17) is 4.42 Å². The molecule has 0 radical (unpaired) electrons. The molecule has 2 aromatic rings. The van der Waals surface area contributed by atoms with Crippen molar-refractivity contribution in [2.24, 2.45) is 5.41 Å². The zero-order valence-electron chi connectivity index (χ0n) is 13.7. The normalized spacial score (nSPS) is 25.2. The van der Waals surface area contributed by atoms with E-state index in [9.17, 15) is 13.6 Å². The molecule has 1 saturated heterocycles. The lowest BCUT2D eigenvalue weighted by Crippen LogP contribution is -2.40. The summed E-state index contributed by atoms with van der Waals surface area (Å²) < 4.78 is 32.4. The van der Waals surface area contributed by atoms with E-state index in [1.807, 2.05) is 30.3 Å². The molecule has 2 aliphatic rings. The van der Waals surface area contributed by atoms with Gasteiger partial charge in [0.25, 0.3) is 5.92 Å². The molecule has 2 heterocycles. The van der Waals surface area contributed by atoms with E-state index < -0.39 is 17.4 Å². The minimum atomic E-state index is -2.63. The number of nitrogens with zero attached hydrogens (tertiary/aromatic N) is 3. The molecule has 2 fully saturated rings. The number of hydrogen-bond donors (Lipinski definition) is 1. The van der Waals surface area contributed by atoms with Crippen molar-refractivity contribution >= 4 is 11.9 Å². The molecule has 1 aromatic carbocycles. The molecule has 4 rings (SSSR count). The summed E-state index contributed by atoms with van der Waals surface area (Å²) >= 11 is 0. The fourth-order valence-corrected chi connectivity index (χ4v) is 3.38. The van der Waals surface area contributed by atoms with Gasteiger partial charge in [-0.3, -0.25) is 4.79 Å². The second kappa shape index (κ2) is 5.50. The van der Waals surface area contributed by atoms with E-state index in [1.54, 1.807) is 6.92 Å². The van der Waals surface area contributed by atoms with Gasteiger partial charge in [0, 0.05) is 25.1 Å². The molecule has 6 nitrogen and oxygen atoms in total. The van der Waals surface area contributed by atoms with Gasteiger partial charge in [-0.25, -0.2) is 8.78 Å². The number of carbonyl (C=O) groups is 1. The van der Waals surface area contributed by atoms with Crippen LogP contribution in [0.1, 0.15) is 19.8 Å². The molecule has 1 amide bonds. The quantitative estimate of drug-likeness (QED) is 0.920. The van der Waals surface area contributed by atoms with Gasteiger partial charge in [-0.2, -0.15) is 0 Å². The standard InChI is InChI=1S/C17H18F2N4O2/c1-11(14(24)23-8-7-16(10-23)9-17(16,18)19)20-15-22-21-13(25-15)12-5-3-2-4-6-12/h2-6,11H,7-10H2,1H3,(H,20,22)/t11-,16-/m1/s1. The van der Waals surface area contributed by atoms with E-state index >= 15 is 0 Å². The number of hydrogen-bond acceptors (Lipinski definition) is 5. The molecule has 1 aromatic heterocycles. The van der Waals surface area contributed by atoms with E-state index in [-0.39, 0.29) is 24.9 Å². The monoisotopic (exact) mass is 348 g/mol. The smallest absolute Gasteiger partial charge is 0.316 e. The molecule has 8 heteroatoms. The number of halogens is 2. The van der Waals surface area contributed by atoms with E-state index in [0.29, 0.717) is 18.9 Å². The van der Waals surface area contributed by atoms with Crippen molar-refractivity contribution in [2.45, 2.75) is 31.7 Å². The second-order valence-corrected chi connectivity index (χ2v) is 6.82. The zero-order chi connectivity index (χ0) is 17.7. The molecule has 1 spiro atoms. The Hall–Kier alpha value is -2.51. The Kier molecular flexibility index (Phi) is 3.52. The maximum Gasteiger partial charge on any atom is 0.316 e. The van der Waals surface area contributed by atoms with Crippen LogP contribution in [0.15, 0.2) is 34.7 Å². The van der Waals surface area contributed by atoms with Crippen molar-refractivity contribution in [1.29, 1.82) is 0 Å². The molecular formula is C17H18F2N4O2. The molecule has 1 N–H and O–H groups in total. The van der Waals surface area contributed by atoms with Gasteiger partial charge in [-0.15, -0.1) is 5.10 Å². The van der Waals surface area contributed by atoms with Gasteiger partial charge in [-0.05, 0) is 25.5 Å². The number of aromatic nitrogens is 2. The van der Waals surface area contributed by atoms with Crippen LogP contribution in [0.2, 0.25) is 0 Å². The molecule has 0 bridgehead atoms. The predicted molar refractivity (Wildman–Crippen MR) is 86.0 cm³/mol. The van der Waals surface area contributed by atoms with Gasteiger partial charge in [-0.1, -0.05) is 23.3 Å². The number of carbonyl (C=O) groups excluding carboxylic acids is 1. The van der Waals surface area contributed by atoms with Crippen molar-refractivity contribution in [1.82, 2.24) is 15.1 Å². The minimum absolute atomic E-state index is 0.115. The maximum absolute atomic E-state index is 13.5. The number of rotatable bonds is 4. The van der Waals surface area contributed by atoms with Crippen molar-refractivity contribution in [3.8, 4) is 11.5 Å². The first-order chi connectivity index (χ1) is 11.9. The van der Waals surface area contributed by atoms with Gasteiger partial charge in [0.05, 0.1) is 5.41 Å². The Morgan fingerprint density at radius 2 is 2.04 bits per heavy atom. The second-order valence-electron chi connectivity index (χ2n) is 6.82. The topological polar surface area (TPSA) is 71.3 Å². The van der Waals surface area contributed by atoms with Crippen LogP contribution in [0.25, 0.3) is 11.5 Å². The summed E-state index contributed by atoms with van der Waals surface area (Å²) in [5.74, 6) is -2.52. The first kappa shape index (κ1) is 16.0. The molecule has 0 unspecified atom stereocenters. The van der Waals surface area contributed by atoms with E-state index in [1.165, 1.54) is 4.90 Å². The SMILES string of the molecule is C[C@@H](Nc1nnc(-c2ccccc2)o1)C(=O)N1CC[C@]2(C1)CC2(F)F. The molecule has 1 aliphatic carbocycles. The Balaban J connectivity index is 1.39. The molecule has 2 atom stereocenters. The summed E-state index contributed by atoms with van der Waals surface area (Å²) in [7, 11) is 0. The lowest BCUT2D eigenvalue weighted by molar-refractivity contribution is -0.131. The van der Waals surface area contributed by atoms with Crippen molar-refractivity contribution in [2.75, 3.05) is 18.4 Å². The van der Waals surface area contributed by atoms with Crippen LogP contribution in [-0.4, -0.2) is 46.1 Å². The van der Waals surface area contributed by atoms with Crippen molar-refractivity contribution < 1.29 is 18.0 Å². The summed E-state index contributed by atoms with van der Waals surface area (Å²) in [4.78, 5) is 14.0. The maximum atomic E-state index is 13.5. The predicted octanol–water partition coefficient (Wildman–Crippen LogP) is 2.79. The van der Waals surface area contributed by atoms with Crippen LogP contribution in [0.3, 0.4) is 0 Å². The molecule has 1 aliphatic heterocycles. The third-order valence-corrected chi connectivity index (χ3v) is 5.03. The Morgan fingerprint density at radius 1 is 1.32 bits per heavy atom. The average molecular weight is 348 g/mol. The summed E-state index contributed by atoms with van der Waals surface area (Å²) in [6.07, 6.45) is 0.243. The number of likely N-dealkylation sites (tertiary alicyclic amines) is 1.